The Bertz CT molecular complexity index is 1080. The Morgan fingerprint density at radius 3 is 2.69 bits per heavy atom. The monoisotopic (exact) mass is 494 g/mol. The second kappa shape index (κ2) is 10.4. The van der Waals surface area contributed by atoms with E-state index in [0.717, 1.165) is 88.9 Å². The molecule has 2 fully saturated rings. The fourth-order valence-corrected chi connectivity index (χ4v) is 5.76. The molecule has 192 valence electrons. The lowest BCUT2D eigenvalue weighted by Gasteiger charge is -2.37. The van der Waals surface area contributed by atoms with Crippen LogP contribution >= 0.6 is 0 Å². The number of carbonyl (C=O) groups is 1. The van der Waals surface area contributed by atoms with E-state index in [-0.39, 0.29) is 12.8 Å². The van der Waals surface area contributed by atoms with E-state index in [1.165, 1.54) is 12.0 Å². The highest BCUT2D eigenvalue weighted by Gasteiger charge is 2.27. The summed E-state index contributed by atoms with van der Waals surface area (Å²) in [5, 5.41) is 3.04. The van der Waals surface area contributed by atoms with Gasteiger partial charge in [0, 0.05) is 56.5 Å². The number of ether oxygens (including phenoxy) is 4. The first-order chi connectivity index (χ1) is 17.7. The van der Waals surface area contributed by atoms with Crippen molar-refractivity contribution in [1.82, 2.24) is 15.2 Å². The molecule has 6 rings (SSSR count). The molecule has 0 bridgehead atoms. The summed E-state index contributed by atoms with van der Waals surface area (Å²) < 4.78 is 21.8. The van der Waals surface area contributed by atoms with Gasteiger partial charge in [0.05, 0.1) is 6.61 Å². The van der Waals surface area contributed by atoms with Gasteiger partial charge in [-0.15, -0.1) is 0 Å². The number of piperazine rings is 1. The summed E-state index contributed by atoms with van der Waals surface area (Å²) in [4.78, 5) is 22.0. The van der Waals surface area contributed by atoms with Crippen molar-refractivity contribution >= 4 is 11.9 Å². The maximum atomic E-state index is 12.4. The molecule has 9 nitrogen and oxygen atoms in total. The van der Waals surface area contributed by atoms with Crippen LogP contribution in [0.5, 0.6) is 23.0 Å². The quantitative estimate of drug-likeness (QED) is 0.652. The highest BCUT2D eigenvalue weighted by atomic mass is 16.7. The van der Waals surface area contributed by atoms with Gasteiger partial charge in [-0.05, 0) is 62.8 Å². The number of amides is 1. The minimum absolute atomic E-state index is 0.176. The molecule has 4 heterocycles. The number of anilines is 1. The van der Waals surface area contributed by atoms with Crippen molar-refractivity contribution in [3.05, 3.63) is 36.0 Å². The lowest BCUT2D eigenvalue weighted by atomic mass is 9.84. The van der Waals surface area contributed by atoms with E-state index in [0.29, 0.717) is 17.2 Å². The number of hydrogen-bond acceptors (Lipinski definition) is 8. The molecule has 0 spiro atoms. The fraction of sp³-hybridized carbons (Fsp3) is 0.556. The predicted octanol–water partition coefficient (Wildman–Crippen LogP) is 3.60. The van der Waals surface area contributed by atoms with E-state index < -0.39 is 6.09 Å². The number of fused-ring (bicyclic) bond motifs is 2. The molecular formula is C27H34N4O5. The highest BCUT2D eigenvalue weighted by Crippen LogP contribution is 2.35. The summed E-state index contributed by atoms with van der Waals surface area (Å²) in [6.07, 6.45) is 7.95. The van der Waals surface area contributed by atoms with Gasteiger partial charge in [-0.2, -0.15) is 0 Å². The summed E-state index contributed by atoms with van der Waals surface area (Å²) in [6, 6.07) is 7.33. The summed E-state index contributed by atoms with van der Waals surface area (Å²) >= 11 is 0. The van der Waals surface area contributed by atoms with Crippen LogP contribution in [0.25, 0.3) is 0 Å². The molecule has 1 aliphatic carbocycles. The van der Waals surface area contributed by atoms with Crippen LogP contribution in [0.4, 0.5) is 10.6 Å². The second-order valence-electron chi connectivity index (χ2n) is 10.1. The highest BCUT2D eigenvalue weighted by molar-refractivity contribution is 5.71. The topological polar surface area (TPSA) is 85.4 Å². The zero-order valence-electron chi connectivity index (χ0n) is 20.6. The average molecular weight is 495 g/mol. The number of aromatic nitrogens is 1. The van der Waals surface area contributed by atoms with E-state index in [1.54, 1.807) is 18.2 Å². The third kappa shape index (κ3) is 5.16. The molecular weight excluding hydrogens is 460 g/mol. The van der Waals surface area contributed by atoms with Crippen LogP contribution < -0.4 is 29.2 Å². The molecule has 36 heavy (non-hydrogen) atoms. The minimum Gasteiger partial charge on any atom is -0.493 e. The number of benzene rings is 1. The van der Waals surface area contributed by atoms with Crippen molar-refractivity contribution in [1.29, 1.82) is 0 Å². The van der Waals surface area contributed by atoms with Gasteiger partial charge in [0.2, 0.25) is 6.79 Å². The molecule has 3 aliphatic heterocycles. The smallest absolute Gasteiger partial charge is 0.412 e. The molecule has 0 radical (unpaired) electrons. The molecule has 2 aromatic rings. The summed E-state index contributed by atoms with van der Waals surface area (Å²) in [7, 11) is 0. The number of hydrogen-bond donors (Lipinski definition) is 1. The third-order valence-electron chi connectivity index (χ3n) is 7.85. The van der Waals surface area contributed by atoms with Gasteiger partial charge in [-0.3, -0.25) is 4.90 Å². The first kappa shape index (κ1) is 23.2. The Hall–Kier alpha value is -3.20. The molecule has 0 atom stereocenters. The number of nitrogens with one attached hydrogen (secondary N) is 1. The number of nitrogens with zero attached hydrogens (tertiary/aromatic N) is 3. The van der Waals surface area contributed by atoms with Gasteiger partial charge in [0.15, 0.2) is 11.5 Å². The minimum atomic E-state index is -0.403. The third-order valence-corrected chi connectivity index (χ3v) is 7.85. The molecule has 1 saturated carbocycles. The molecule has 1 aromatic heterocycles. The van der Waals surface area contributed by atoms with Gasteiger partial charge in [-0.25, -0.2) is 9.78 Å². The van der Waals surface area contributed by atoms with E-state index in [2.05, 4.69) is 20.1 Å². The molecule has 9 heteroatoms. The molecule has 4 aliphatic rings. The van der Waals surface area contributed by atoms with Crippen molar-refractivity contribution in [3.63, 3.8) is 0 Å². The first-order valence-corrected chi connectivity index (χ1v) is 13.2. The molecule has 1 saturated heterocycles. The van der Waals surface area contributed by atoms with Gasteiger partial charge in [0.1, 0.15) is 17.3 Å². The van der Waals surface area contributed by atoms with Crippen LogP contribution in [0, 0.1) is 5.92 Å². The zero-order valence-corrected chi connectivity index (χ0v) is 20.6. The van der Waals surface area contributed by atoms with Crippen LogP contribution in [-0.2, 0) is 6.42 Å². The Labute approximate surface area is 211 Å². The van der Waals surface area contributed by atoms with E-state index in [4.69, 9.17) is 18.9 Å². The standard InChI is InChI=1S/C27H34N4O5/c32-27(36-21-5-6-24-25(17-21)35-18-34-24)29-20-3-1-19(2-4-20)8-11-30-12-14-31(15-13-30)26-22-9-16-33-23(22)7-10-28-26/h5-7,10,17,19-20H,1-4,8-9,11-16,18H2,(H,29,32)/t19-,20-. The molecule has 1 aromatic carbocycles. The predicted molar refractivity (Wildman–Crippen MR) is 134 cm³/mol. The van der Waals surface area contributed by atoms with Crippen LogP contribution in [0.3, 0.4) is 0 Å². The Kier molecular flexibility index (Phi) is 6.72. The van der Waals surface area contributed by atoms with Gasteiger partial charge >= 0.3 is 6.09 Å². The van der Waals surface area contributed by atoms with E-state index in [9.17, 15) is 4.79 Å². The van der Waals surface area contributed by atoms with Crippen molar-refractivity contribution in [2.45, 2.75) is 44.6 Å². The van der Waals surface area contributed by atoms with Crippen LogP contribution in [-0.4, -0.2) is 68.1 Å². The normalized spacial score (nSPS) is 23.2. The lowest BCUT2D eigenvalue weighted by molar-refractivity contribution is 0.173. The zero-order chi connectivity index (χ0) is 24.3. The Morgan fingerprint density at radius 1 is 1.00 bits per heavy atom. The first-order valence-electron chi connectivity index (χ1n) is 13.2. The maximum absolute atomic E-state index is 12.4. The maximum Gasteiger partial charge on any atom is 0.412 e. The van der Waals surface area contributed by atoms with Crippen molar-refractivity contribution < 1.29 is 23.7 Å². The Balaban J connectivity index is 0.894. The van der Waals surface area contributed by atoms with Crippen LogP contribution in [0.1, 0.15) is 37.7 Å². The summed E-state index contributed by atoms with van der Waals surface area (Å²) in [5.74, 6) is 4.60. The van der Waals surface area contributed by atoms with Crippen molar-refractivity contribution in [2.75, 3.05) is 51.0 Å². The second-order valence-corrected chi connectivity index (χ2v) is 10.1. The van der Waals surface area contributed by atoms with E-state index >= 15 is 0 Å². The van der Waals surface area contributed by atoms with Crippen LogP contribution in [0.15, 0.2) is 30.5 Å². The van der Waals surface area contributed by atoms with E-state index in [1.807, 2.05) is 12.3 Å². The largest absolute Gasteiger partial charge is 0.493 e. The SMILES string of the molecule is O=C(N[C@H]1CC[C@H](CCN2CCN(c3nccc4c3CCO4)CC2)CC1)Oc1ccc2c(c1)OCO2. The van der Waals surface area contributed by atoms with Crippen molar-refractivity contribution in [3.8, 4) is 23.0 Å². The number of carbonyl (C=O) groups excluding carboxylic acids is 1. The van der Waals surface area contributed by atoms with Crippen LogP contribution in [0.2, 0.25) is 0 Å². The van der Waals surface area contributed by atoms with Gasteiger partial charge < -0.3 is 29.2 Å². The molecule has 1 N–H and O–H groups in total. The average Bonchev–Trinajstić information content (AvgIpc) is 3.58. The van der Waals surface area contributed by atoms with Gasteiger partial charge in [-0.1, -0.05) is 0 Å². The fourth-order valence-electron chi connectivity index (χ4n) is 5.76. The molecule has 0 unspecified atom stereocenters. The summed E-state index contributed by atoms with van der Waals surface area (Å²) in [6.45, 7) is 6.31. The number of rotatable bonds is 6. The Morgan fingerprint density at radius 2 is 1.83 bits per heavy atom. The number of pyridine rings is 1. The van der Waals surface area contributed by atoms with Crippen molar-refractivity contribution in [2.24, 2.45) is 5.92 Å². The van der Waals surface area contributed by atoms with Gasteiger partial charge in [0.25, 0.3) is 0 Å². The summed E-state index contributed by atoms with van der Waals surface area (Å²) in [5.41, 5.74) is 1.27. The molecule has 1 amide bonds. The lowest BCUT2D eigenvalue weighted by Crippen LogP contribution is -2.47.